The van der Waals surface area contributed by atoms with Gasteiger partial charge >= 0.3 is 0 Å². The highest BCUT2D eigenvalue weighted by Crippen LogP contribution is 2.42. The van der Waals surface area contributed by atoms with E-state index in [0.29, 0.717) is 13.2 Å². The van der Waals surface area contributed by atoms with Crippen LogP contribution >= 0.6 is 0 Å². The largest absolute Gasteiger partial charge is 0.372 e. The maximum Gasteiger partial charge on any atom is 0.190 e. The normalized spacial score (nSPS) is 31.9. The molecule has 0 aromatic heterocycles. The van der Waals surface area contributed by atoms with Crippen molar-refractivity contribution in [2.75, 3.05) is 13.2 Å². The van der Waals surface area contributed by atoms with Crippen molar-refractivity contribution < 1.29 is 28.4 Å². The predicted octanol–water partition coefficient (Wildman–Crippen LogP) is 6.88. The summed E-state index contributed by atoms with van der Waals surface area (Å²) in [5.41, 5.74) is 0. The highest BCUT2D eigenvalue weighted by molar-refractivity contribution is 4.98. The molecule has 3 heterocycles. The van der Waals surface area contributed by atoms with Gasteiger partial charge in [0, 0.05) is 6.61 Å². The molecule has 0 bridgehead atoms. The Balaban J connectivity index is 1.25. The fourth-order valence-corrected chi connectivity index (χ4v) is 5.39. The molecule has 0 radical (unpaired) electrons. The Labute approximate surface area is 208 Å². The van der Waals surface area contributed by atoms with Crippen molar-refractivity contribution in [3.63, 3.8) is 0 Å². The monoisotopic (exact) mass is 484 g/mol. The lowest BCUT2D eigenvalue weighted by Gasteiger charge is -2.29. The second-order valence-electron chi connectivity index (χ2n) is 11.4. The van der Waals surface area contributed by atoms with E-state index in [1.54, 1.807) is 0 Å². The number of hydrogen-bond donors (Lipinski definition) is 0. The average molecular weight is 485 g/mol. The smallest absolute Gasteiger partial charge is 0.190 e. The minimum atomic E-state index is -0.650. The molecule has 3 fully saturated rings. The standard InChI is InChI=1S/C28H52O6/c1-6-7-8-9-10-11-12-13-14-15-16-17-18-19-20-29-24-23(22-21-30-27(2,3)32-22)31-26-25(24)33-28(4,5)34-26/h22-26H,6-21H2,1-5H3/t22-,23-,24+,25?,26?/m1/s1. The van der Waals surface area contributed by atoms with E-state index in [0.717, 1.165) is 6.42 Å². The van der Waals surface area contributed by atoms with Crippen LogP contribution in [0.2, 0.25) is 0 Å². The molecule has 3 rings (SSSR count). The van der Waals surface area contributed by atoms with Crippen molar-refractivity contribution in [2.45, 2.75) is 167 Å². The van der Waals surface area contributed by atoms with E-state index in [1.165, 1.54) is 83.5 Å². The third kappa shape index (κ3) is 9.01. The lowest BCUT2D eigenvalue weighted by atomic mass is 10.0. The highest BCUT2D eigenvalue weighted by Gasteiger charge is 2.58. The summed E-state index contributed by atoms with van der Waals surface area (Å²) in [6.45, 7) is 11.2. The van der Waals surface area contributed by atoms with Gasteiger partial charge in [-0.25, -0.2) is 0 Å². The van der Waals surface area contributed by atoms with Crippen molar-refractivity contribution >= 4 is 0 Å². The van der Waals surface area contributed by atoms with Gasteiger partial charge in [0.15, 0.2) is 17.9 Å². The Hall–Kier alpha value is -0.240. The van der Waals surface area contributed by atoms with Gasteiger partial charge < -0.3 is 28.4 Å². The first-order valence-corrected chi connectivity index (χ1v) is 14.3. The number of ether oxygens (including phenoxy) is 6. The molecule has 6 nitrogen and oxygen atoms in total. The van der Waals surface area contributed by atoms with Crippen molar-refractivity contribution in [1.29, 1.82) is 0 Å². The van der Waals surface area contributed by atoms with Gasteiger partial charge in [0.25, 0.3) is 0 Å². The number of fused-ring (bicyclic) bond motifs is 1. The Morgan fingerprint density at radius 3 is 1.74 bits per heavy atom. The molecule has 0 N–H and O–H groups in total. The summed E-state index contributed by atoms with van der Waals surface area (Å²) in [6.07, 6.45) is 17.7. The first kappa shape index (κ1) is 28.3. The van der Waals surface area contributed by atoms with Gasteiger partial charge in [-0.2, -0.15) is 0 Å². The molecule has 200 valence electrons. The third-order valence-corrected chi connectivity index (χ3v) is 7.23. The van der Waals surface area contributed by atoms with Crippen molar-refractivity contribution in [3.05, 3.63) is 0 Å². The summed E-state index contributed by atoms with van der Waals surface area (Å²) in [6, 6.07) is 0. The topological polar surface area (TPSA) is 55.4 Å². The van der Waals surface area contributed by atoms with Crippen LogP contribution in [0.1, 0.15) is 125 Å². The first-order valence-electron chi connectivity index (χ1n) is 14.3. The van der Waals surface area contributed by atoms with Crippen molar-refractivity contribution in [3.8, 4) is 0 Å². The molecule has 3 aliphatic rings. The minimum absolute atomic E-state index is 0.169. The quantitative estimate of drug-likeness (QED) is 0.210. The molecule has 0 amide bonds. The van der Waals surface area contributed by atoms with Crippen LogP contribution in [0.4, 0.5) is 0 Å². The van der Waals surface area contributed by atoms with Crippen LogP contribution in [0, 0.1) is 0 Å². The molecule has 2 unspecified atom stereocenters. The van der Waals surface area contributed by atoms with Crippen LogP contribution in [0.3, 0.4) is 0 Å². The molecule has 3 aliphatic heterocycles. The summed E-state index contributed by atoms with van der Waals surface area (Å²) < 4.78 is 36.5. The van der Waals surface area contributed by atoms with Gasteiger partial charge in [0.1, 0.15) is 24.4 Å². The van der Waals surface area contributed by atoms with E-state index in [9.17, 15) is 0 Å². The zero-order chi connectivity index (χ0) is 24.4. The molecule has 5 atom stereocenters. The summed E-state index contributed by atoms with van der Waals surface area (Å²) in [5, 5.41) is 0. The zero-order valence-electron chi connectivity index (χ0n) is 22.6. The lowest BCUT2D eigenvalue weighted by Crippen LogP contribution is -2.44. The Morgan fingerprint density at radius 1 is 0.647 bits per heavy atom. The van der Waals surface area contributed by atoms with Gasteiger partial charge in [-0.15, -0.1) is 0 Å². The van der Waals surface area contributed by atoms with Crippen LogP contribution in [0.5, 0.6) is 0 Å². The predicted molar refractivity (Wildman–Crippen MR) is 134 cm³/mol. The Morgan fingerprint density at radius 2 is 1.21 bits per heavy atom. The van der Waals surface area contributed by atoms with Crippen LogP contribution in [-0.4, -0.2) is 55.5 Å². The van der Waals surface area contributed by atoms with E-state index in [2.05, 4.69) is 6.92 Å². The SMILES string of the molecule is CCCCCCCCCCCCCCCCO[C@@H]1C2OC(C)(C)OC2O[C@@H]1[C@H]1COC(C)(C)O1. The fraction of sp³-hybridized carbons (Fsp3) is 1.00. The number of unbranched alkanes of at least 4 members (excludes halogenated alkanes) is 13. The second-order valence-corrected chi connectivity index (χ2v) is 11.4. The minimum Gasteiger partial charge on any atom is -0.372 e. The second kappa shape index (κ2) is 13.9. The van der Waals surface area contributed by atoms with E-state index < -0.39 is 17.9 Å². The van der Waals surface area contributed by atoms with Crippen LogP contribution in [-0.2, 0) is 28.4 Å². The van der Waals surface area contributed by atoms with Crippen LogP contribution < -0.4 is 0 Å². The number of hydrogen-bond acceptors (Lipinski definition) is 6. The van der Waals surface area contributed by atoms with Crippen molar-refractivity contribution in [1.82, 2.24) is 0 Å². The van der Waals surface area contributed by atoms with E-state index in [1.807, 2.05) is 27.7 Å². The summed E-state index contributed by atoms with van der Waals surface area (Å²) >= 11 is 0. The molecular formula is C28H52O6. The number of rotatable bonds is 17. The Bertz CT molecular complexity index is 565. The molecular weight excluding hydrogens is 432 g/mol. The third-order valence-electron chi connectivity index (χ3n) is 7.23. The molecule has 34 heavy (non-hydrogen) atoms. The average Bonchev–Trinajstić information content (AvgIpc) is 3.39. The summed E-state index contributed by atoms with van der Waals surface area (Å²) in [5.74, 6) is -1.24. The van der Waals surface area contributed by atoms with E-state index in [4.69, 9.17) is 28.4 Å². The lowest BCUT2D eigenvalue weighted by molar-refractivity contribution is -0.236. The maximum atomic E-state index is 6.34. The fourth-order valence-electron chi connectivity index (χ4n) is 5.39. The van der Waals surface area contributed by atoms with Crippen LogP contribution in [0.15, 0.2) is 0 Å². The Kier molecular flexibility index (Phi) is 11.6. The molecule has 0 spiro atoms. The molecule has 0 aliphatic carbocycles. The van der Waals surface area contributed by atoms with Gasteiger partial charge in [0.05, 0.1) is 6.61 Å². The first-order chi connectivity index (χ1) is 16.3. The van der Waals surface area contributed by atoms with Gasteiger partial charge in [-0.3, -0.25) is 0 Å². The summed E-state index contributed by atoms with van der Waals surface area (Å²) in [4.78, 5) is 0. The van der Waals surface area contributed by atoms with Crippen molar-refractivity contribution in [2.24, 2.45) is 0 Å². The maximum absolute atomic E-state index is 6.34. The van der Waals surface area contributed by atoms with E-state index >= 15 is 0 Å². The van der Waals surface area contributed by atoms with E-state index in [-0.39, 0.29) is 24.4 Å². The van der Waals surface area contributed by atoms with Gasteiger partial charge in [0.2, 0.25) is 0 Å². The van der Waals surface area contributed by atoms with Gasteiger partial charge in [-0.05, 0) is 34.1 Å². The summed E-state index contributed by atoms with van der Waals surface area (Å²) in [7, 11) is 0. The van der Waals surface area contributed by atoms with Crippen LogP contribution in [0.25, 0.3) is 0 Å². The highest BCUT2D eigenvalue weighted by atomic mass is 16.8. The molecule has 0 aromatic rings. The molecule has 3 saturated heterocycles. The zero-order valence-corrected chi connectivity index (χ0v) is 22.6. The molecule has 0 aromatic carbocycles. The van der Waals surface area contributed by atoms with Gasteiger partial charge in [-0.1, -0.05) is 90.4 Å². The molecule has 0 saturated carbocycles. The molecule has 6 heteroatoms.